The predicted molar refractivity (Wildman–Crippen MR) is 61.5 cm³/mol. The molecule has 1 heterocycles. The Morgan fingerprint density at radius 2 is 2.17 bits per heavy atom. The molecule has 1 aromatic heterocycles. The van der Waals surface area contributed by atoms with E-state index >= 15 is 0 Å². The summed E-state index contributed by atoms with van der Waals surface area (Å²) in [5, 5.41) is 8.61. The molecule has 2 aromatic rings. The SMILES string of the molecule is O=C(CCOc1ccc(F)cc1)Nc1ncn[nH]1. The summed E-state index contributed by atoms with van der Waals surface area (Å²) in [7, 11) is 0. The lowest BCUT2D eigenvalue weighted by molar-refractivity contribution is -0.116. The zero-order chi connectivity index (χ0) is 12.8. The minimum absolute atomic E-state index is 0.165. The number of H-pyrrole nitrogens is 1. The zero-order valence-electron chi connectivity index (χ0n) is 9.39. The Labute approximate surface area is 102 Å². The lowest BCUT2D eigenvalue weighted by Crippen LogP contribution is -2.16. The van der Waals surface area contributed by atoms with E-state index in [2.05, 4.69) is 20.5 Å². The van der Waals surface area contributed by atoms with E-state index in [0.29, 0.717) is 11.7 Å². The third kappa shape index (κ3) is 3.55. The Morgan fingerprint density at radius 1 is 1.39 bits per heavy atom. The van der Waals surface area contributed by atoms with Crippen LogP contribution in [0.3, 0.4) is 0 Å². The van der Waals surface area contributed by atoms with Crippen LogP contribution in [0.1, 0.15) is 6.42 Å². The maximum Gasteiger partial charge on any atom is 0.230 e. The first kappa shape index (κ1) is 12.0. The number of carbonyl (C=O) groups is 1. The third-order valence-corrected chi connectivity index (χ3v) is 2.08. The van der Waals surface area contributed by atoms with E-state index in [1.54, 1.807) is 0 Å². The third-order valence-electron chi connectivity index (χ3n) is 2.08. The fraction of sp³-hybridized carbons (Fsp3) is 0.182. The number of nitrogens with one attached hydrogen (secondary N) is 2. The molecule has 0 atom stereocenters. The number of ether oxygens (including phenoxy) is 1. The quantitative estimate of drug-likeness (QED) is 0.839. The molecule has 0 aliphatic carbocycles. The molecule has 0 aliphatic heterocycles. The fourth-order valence-electron chi connectivity index (χ4n) is 1.25. The van der Waals surface area contributed by atoms with Gasteiger partial charge in [-0.05, 0) is 24.3 Å². The van der Waals surface area contributed by atoms with Crippen LogP contribution in [0, 0.1) is 5.82 Å². The van der Waals surface area contributed by atoms with Crippen molar-refractivity contribution in [2.45, 2.75) is 6.42 Å². The number of rotatable bonds is 5. The van der Waals surface area contributed by atoms with Gasteiger partial charge < -0.3 is 4.74 Å². The van der Waals surface area contributed by atoms with Gasteiger partial charge in [0.05, 0.1) is 13.0 Å². The van der Waals surface area contributed by atoms with Gasteiger partial charge >= 0.3 is 0 Å². The molecule has 1 aromatic carbocycles. The highest BCUT2D eigenvalue weighted by Gasteiger charge is 2.04. The van der Waals surface area contributed by atoms with Crippen molar-refractivity contribution >= 4 is 11.9 Å². The van der Waals surface area contributed by atoms with Crippen LogP contribution in [0.25, 0.3) is 0 Å². The van der Waals surface area contributed by atoms with Gasteiger partial charge in [0.15, 0.2) is 0 Å². The van der Waals surface area contributed by atoms with E-state index < -0.39 is 0 Å². The summed E-state index contributed by atoms with van der Waals surface area (Å²) in [5.74, 6) is 0.241. The molecule has 6 nitrogen and oxygen atoms in total. The molecule has 1 amide bonds. The predicted octanol–water partition coefficient (Wildman–Crippen LogP) is 1.35. The number of aromatic nitrogens is 3. The molecule has 2 N–H and O–H groups in total. The lowest BCUT2D eigenvalue weighted by Gasteiger charge is -2.05. The van der Waals surface area contributed by atoms with Gasteiger partial charge in [-0.25, -0.2) is 9.49 Å². The van der Waals surface area contributed by atoms with Crippen LogP contribution in [0.2, 0.25) is 0 Å². The highest BCUT2D eigenvalue weighted by Crippen LogP contribution is 2.11. The molecule has 0 aliphatic rings. The number of nitrogens with zero attached hydrogens (tertiary/aromatic N) is 2. The van der Waals surface area contributed by atoms with Gasteiger partial charge in [0.2, 0.25) is 11.9 Å². The van der Waals surface area contributed by atoms with E-state index in [4.69, 9.17) is 4.74 Å². The summed E-state index contributed by atoms with van der Waals surface area (Å²) < 4.78 is 17.9. The van der Waals surface area contributed by atoms with Gasteiger partial charge in [0.25, 0.3) is 0 Å². The van der Waals surface area contributed by atoms with Crippen LogP contribution in [-0.4, -0.2) is 27.7 Å². The maximum absolute atomic E-state index is 12.6. The molecule has 7 heteroatoms. The molecule has 0 fully saturated rings. The molecular formula is C11H11FN4O2. The standard InChI is InChI=1S/C11H11FN4O2/c12-8-1-3-9(4-2-8)18-6-5-10(17)15-11-13-7-14-16-11/h1-4,7H,5-6H2,(H2,13,14,15,16,17). The Kier molecular flexibility index (Phi) is 3.85. The van der Waals surface area contributed by atoms with Crippen LogP contribution < -0.4 is 10.1 Å². The Bertz CT molecular complexity index is 498. The smallest absolute Gasteiger partial charge is 0.230 e. The number of anilines is 1. The topological polar surface area (TPSA) is 79.9 Å². The van der Waals surface area contributed by atoms with Crippen LogP contribution in [0.15, 0.2) is 30.6 Å². The molecular weight excluding hydrogens is 239 g/mol. The molecule has 0 unspecified atom stereocenters. The number of hydrogen-bond donors (Lipinski definition) is 2. The minimum Gasteiger partial charge on any atom is -0.493 e. The van der Waals surface area contributed by atoms with Crippen LogP contribution in [0.4, 0.5) is 10.3 Å². The average molecular weight is 250 g/mol. The summed E-state index contributed by atoms with van der Waals surface area (Å²) >= 11 is 0. The first-order valence-electron chi connectivity index (χ1n) is 5.27. The van der Waals surface area contributed by atoms with Crippen LogP contribution in [0.5, 0.6) is 5.75 Å². The second-order valence-electron chi connectivity index (χ2n) is 3.43. The Balaban J connectivity index is 1.72. The monoisotopic (exact) mass is 250 g/mol. The van der Waals surface area contributed by atoms with E-state index in [-0.39, 0.29) is 24.8 Å². The number of benzene rings is 1. The number of carbonyl (C=O) groups excluding carboxylic acids is 1. The first-order valence-corrected chi connectivity index (χ1v) is 5.27. The van der Waals surface area contributed by atoms with Crippen molar-refractivity contribution in [2.24, 2.45) is 0 Å². The number of halogens is 1. The summed E-state index contributed by atoms with van der Waals surface area (Å²) in [6.07, 6.45) is 1.46. The van der Waals surface area contributed by atoms with Crippen molar-refractivity contribution in [3.8, 4) is 5.75 Å². The molecule has 94 valence electrons. The van der Waals surface area contributed by atoms with Crippen molar-refractivity contribution in [1.29, 1.82) is 0 Å². The number of amides is 1. The highest BCUT2D eigenvalue weighted by molar-refractivity contribution is 5.88. The van der Waals surface area contributed by atoms with Gasteiger partial charge in [-0.1, -0.05) is 0 Å². The number of hydrogen-bond acceptors (Lipinski definition) is 4. The summed E-state index contributed by atoms with van der Waals surface area (Å²) in [5.41, 5.74) is 0. The second kappa shape index (κ2) is 5.76. The van der Waals surface area contributed by atoms with Crippen LogP contribution >= 0.6 is 0 Å². The summed E-state index contributed by atoms with van der Waals surface area (Å²) in [4.78, 5) is 15.2. The molecule has 0 spiro atoms. The van der Waals surface area contributed by atoms with E-state index in [0.717, 1.165) is 0 Å². The molecule has 0 saturated heterocycles. The van der Waals surface area contributed by atoms with E-state index in [1.807, 2.05) is 0 Å². The highest BCUT2D eigenvalue weighted by atomic mass is 19.1. The van der Waals surface area contributed by atoms with Gasteiger partial charge in [0.1, 0.15) is 17.9 Å². The van der Waals surface area contributed by atoms with Gasteiger partial charge in [0, 0.05) is 0 Å². The summed E-state index contributed by atoms with van der Waals surface area (Å²) in [6, 6.07) is 5.60. The normalized spacial score (nSPS) is 10.1. The summed E-state index contributed by atoms with van der Waals surface area (Å²) in [6.45, 7) is 0.200. The molecule has 18 heavy (non-hydrogen) atoms. The zero-order valence-corrected chi connectivity index (χ0v) is 9.39. The maximum atomic E-state index is 12.6. The van der Waals surface area contributed by atoms with Crippen molar-refractivity contribution in [3.63, 3.8) is 0 Å². The van der Waals surface area contributed by atoms with Crippen molar-refractivity contribution < 1.29 is 13.9 Å². The van der Waals surface area contributed by atoms with E-state index in [9.17, 15) is 9.18 Å². The molecule has 0 radical (unpaired) electrons. The van der Waals surface area contributed by atoms with E-state index in [1.165, 1.54) is 30.6 Å². The minimum atomic E-state index is -0.328. The van der Waals surface area contributed by atoms with Gasteiger partial charge in [-0.3, -0.25) is 10.1 Å². The lowest BCUT2D eigenvalue weighted by atomic mass is 10.3. The fourth-order valence-corrected chi connectivity index (χ4v) is 1.25. The van der Waals surface area contributed by atoms with Gasteiger partial charge in [-0.2, -0.15) is 10.1 Å². The molecule has 0 saturated carbocycles. The van der Waals surface area contributed by atoms with Crippen molar-refractivity contribution in [2.75, 3.05) is 11.9 Å². The molecule has 2 rings (SSSR count). The molecule has 0 bridgehead atoms. The van der Waals surface area contributed by atoms with Crippen LogP contribution in [-0.2, 0) is 4.79 Å². The average Bonchev–Trinajstić information content (AvgIpc) is 2.84. The van der Waals surface area contributed by atoms with Gasteiger partial charge in [-0.15, -0.1) is 0 Å². The van der Waals surface area contributed by atoms with Crippen molar-refractivity contribution in [1.82, 2.24) is 15.2 Å². The largest absolute Gasteiger partial charge is 0.493 e. The van der Waals surface area contributed by atoms with Crippen molar-refractivity contribution in [3.05, 3.63) is 36.4 Å². The Morgan fingerprint density at radius 3 is 2.83 bits per heavy atom. The first-order chi connectivity index (χ1) is 8.74. The number of aromatic amines is 1. The second-order valence-corrected chi connectivity index (χ2v) is 3.43. The Hall–Kier alpha value is -2.44.